The molecule has 0 aromatic heterocycles. The van der Waals surface area contributed by atoms with Crippen LogP contribution in [0.15, 0.2) is 18.2 Å². The molecule has 1 saturated heterocycles. The molecule has 0 unspecified atom stereocenters. The molecule has 0 amide bonds. The van der Waals surface area contributed by atoms with Gasteiger partial charge < -0.3 is 5.11 Å². The Morgan fingerprint density at radius 3 is 2.37 bits per heavy atom. The van der Waals surface area contributed by atoms with Crippen molar-refractivity contribution < 1.29 is 13.5 Å². The van der Waals surface area contributed by atoms with Crippen molar-refractivity contribution in [1.29, 1.82) is 0 Å². The lowest BCUT2D eigenvalue weighted by Gasteiger charge is -2.21. The zero-order valence-electron chi connectivity index (χ0n) is 10.5. The summed E-state index contributed by atoms with van der Waals surface area (Å²) in [7, 11) is -3.58. The van der Waals surface area contributed by atoms with Crippen LogP contribution in [0.3, 0.4) is 0 Å². The lowest BCUT2D eigenvalue weighted by Crippen LogP contribution is -2.36. The van der Waals surface area contributed by atoms with Crippen LogP contribution >= 0.6 is 11.6 Å². The fraction of sp³-hybridized carbons (Fsp3) is 0.500. The highest BCUT2D eigenvalue weighted by atomic mass is 35.5. The van der Waals surface area contributed by atoms with Crippen molar-refractivity contribution in [3.63, 3.8) is 0 Å². The van der Waals surface area contributed by atoms with E-state index in [4.69, 9.17) is 11.6 Å². The number of hydrogen-bond donors (Lipinski definition) is 2. The van der Waals surface area contributed by atoms with Crippen LogP contribution in [0.4, 0.5) is 5.69 Å². The summed E-state index contributed by atoms with van der Waals surface area (Å²) in [5.74, 6) is 0.00252. The van der Waals surface area contributed by atoms with Crippen LogP contribution in [0.2, 0.25) is 5.02 Å². The second-order valence-corrected chi connectivity index (χ2v) is 6.66. The SMILES string of the molecule is O=S(=O)(Nc1ccc(O)cc1Cl)N1CCCCCC1. The standard InChI is InChI=1S/C12H17ClN2O3S/c13-11-9-10(16)5-6-12(11)14-19(17,18)15-7-3-1-2-4-8-15/h5-6,9,14,16H,1-4,7-8H2. The summed E-state index contributed by atoms with van der Waals surface area (Å²) in [5.41, 5.74) is 0.281. The molecule has 106 valence electrons. The molecule has 19 heavy (non-hydrogen) atoms. The van der Waals surface area contributed by atoms with Crippen molar-refractivity contribution in [3.8, 4) is 5.75 Å². The van der Waals surface area contributed by atoms with Gasteiger partial charge in [-0.15, -0.1) is 0 Å². The number of rotatable bonds is 3. The number of anilines is 1. The van der Waals surface area contributed by atoms with Crippen LogP contribution in [0.1, 0.15) is 25.7 Å². The van der Waals surface area contributed by atoms with Gasteiger partial charge in [0.05, 0.1) is 10.7 Å². The largest absolute Gasteiger partial charge is 0.508 e. The van der Waals surface area contributed by atoms with Gasteiger partial charge in [0, 0.05) is 19.2 Å². The van der Waals surface area contributed by atoms with Gasteiger partial charge in [-0.05, 0) is 25.0 Å². The second-order valence-electron chi connectivity index (χ2n) is 4.58. The highest BCUT2D eigenvalue weighted by molar-refractivity contribution is 7.90. The minimum atomic E-state index is -3.58. The Hall–Kier alpha value is -0.980. The predicted octanol–water partition coefficient (Wildman–Crippen LogP) is 2.58. The molecular formula is C12H17ClN2O3S. The van der Waals surface area contributed by atoms with Crippen LogP contribution in [0, 0.1) is 0 Å². The summed E-state index contributed by atoms with van der Waals surface area (Å²) in [6.45, 7) is 1.07. The van der Waals surface area contributed by atoms with Crippen molar-refractivity contribution in [2.24, 2.45) is 0 Å². The summed E-state index contributed by atoms with van der Waals surface area (Å²) in [6.07, 6.45) is 3.88. The van der Waals surface area contributed by atoms with Gasteiger partial charge in [0.25, 0.3) is 0 Å². The van der Waals surface area contributed by atoms with E-state index < -0.39 is 10.2 Å². The third kappa shape index (κ3) is 3.75. The molecule has 1 aliphatic heterocycles. The van der Waals surface area contributed by atoms with Crippen molar-refractivity contribution >= 4 is 27.5 Å². The molecule has 2 rings (SSSR count). The topological polar surface area (TPSA) is 69.6 Å². The quantitative estimate of drug-likeness (QED) is 0.843. The second kappa shape index (κ2) is 5.98. The predicted molar refractivity (Wildman–Crippen MR) is 75.7 cm³/mol. The van der Waals surface area contributed by atoms with Crippen molar-refractivity contribution in [1.82, 2.24) is 4.31 Å². The smallest absolute Gasteiger partial charge is 0.301 e. The molecule has 1 heterocycles. The van der Waals surface area contributed by atoms with E-state index in [9.17, 15) is 13.5 Å². The fourth-order valence-corrected chi connectivity index (χ4v) is 3.67. The van der Waals surface area contributed by atoms with E-state index in [0.717, 1.165) is 25.7 Å². The minimum absolute atomic E-state index is 0.00252. The van der Waals surface area contributed by atoms with Gasteiger partial charge in [0.1, 0.15) is 5.75 Å². The molecule has 2 N–H and O–H groups in total. The monoisotopic (exact) mass is 304 g/mol. The number of phenolic OH excluding ortho intramolecular Hbond substituents is 1. The number of aromatic hydroxyl groups is 1. The first kappa shape index (κ1) is 14.4. The fourth-order valence-electron chi connectivity index (χ4n) is 2.07. The van der Waals surface area contributed by atoms with Gasteiger partial charge >= 0.3 is 10.2 Å². The minimum Gasteiger partial charge on any atom is -0.508 e. The molecular weight excluding hydrogens is 288 g/mol. The lowest BCUT2D eigenvalue weighted by molar-refractivity contribution is 0.427. The van der Waals surface area contributed by atoms with E-state index >= 15 is 0 Å². The molecule has 0 radical (unpaired) electrons. The zero-order valence-corrected chi connectivity index (χ0v) is 12.0. The average Bonchev–Trinajstić information content (AvgIpc) is 2.62. The van der Waals surface area contributed by atoms with Crippen LogP contribution in [0.25, 0.3) is 0 Å². The summed E-state index contributed by atoms with van der Waals surface area (Å²) >= 11 is 5.90. The highest BCUT2D eigenvalue weighted by Crippen LogP contribution is 2.27. The molecule has 7 heteroatoms. The normalized spacial score (nSPS) is 17.9. The van der Waals surface area contributed by atoms with Crippen LogP contribution in [0.5, 0.6) is 5.75 Å². The third-order valence-electron chi connectivity index (χ3n) is 3.10. The number of halogens is 1. The molecule has 1 fully saturated rings. The van der Waals surface area contributed by atoms with E-state index in [2.05, 4.69) is 4.72 Å². The number of nitrogens with zero attached hydrogens (tertiary/aromatic N) is 1. The molecule has 1 aromatic carbocycles. The molecule has 1 aliphatic rings. The maximum Gasteiger partial charge on any atom is 0.301 e. The van der Waals surface area contributed by atoms with E-state index in [1.165, 1.54) is 22.5 Å². The molecule has 0 atom stereocenters. The van der Waals surface area contributed by atoms with E-state index in [1.807, 2.05) is 0 Å². The van der Waals surface area contributed by atoms with Crippen LogP contribution in [-0.2, 0) is 10.2 Å². The van der Waals surface area contributed by atoms with E-state index in [0.29, 0.717) is 13.1 Å². The molecule has 0 bridgehead atoms. The summed E-state index contributed by atoms with van der Waals surface area (Å²) in [6, 6.07) is 4.15. The molecule has 0 spiro atoms. The Labute approximate surface area is 118 Å². The average molecular weight is 305 g/mol. The van der Waals surface area contributed by atoms with Gasteiger partial charge in [-0.3, -0.25) is 4.72 Å². The first-order valence-electron chi connectivity index (χ1n) is 6.25. The molecule has 5 nitrogen and oxygen atoms in total. The Kier molecular flexibility index (Phi) is 4.54. The maximum atomic E-state index is 12.2. The Morgan fingerprint density at radius 1 is 1.16 bits per heavy atom. The van der Waals surface area contributed by atoms with Gasteiger partial charge in [-0.25, -0.2) is 0 Å². The van der Waals surface area contributed by atoms with Gasteiger partial charge in [0.2, 0.25) is 0 Å². The number of hydrogen-bond acceptors (Lipinski definition) is 3. The Morgan fingerprint density at radius 2 is 1.79 bits per heavy atom. The summed E-state index contributed by atoms with van der Waals surface area (Å²) < 4.78 is 28.4. The first-order valence-corrected chi connectivity index (χ1v) is 8.07. The Balaban J connectivity index is 2.15. The van der Waals surface area contributed by atoms with Crippen molar-refractivity contribution in [2.75, 3.05) is 17.8 Å². The van der Waals surface area contributed by atoms with E-state index in [1.54, 1.807) is 0 Å². The highest BCUT2D eigenvalue weighted by Gasteiger charge is 2.23. The summed E-state index contributed by atoms with van der Waals surface area (Å²) in [4.78, 5) is 0. The van der Waals surface area contributed by atoms with Crippen molar-refractivity contribution in [2.45, 2.75) is 25.7 Å². The maximum absolute atomic E-state index is 12.2. The molecule has 1 aromatic rings. The molecule has 0 aliphatic carbocycles. The first-order chi connectivity index (χ1) is 8.99. The van der Waals surface area contributed by atoms with Crippen LogP contribution < -0.4 is 4.72 Å². The van der Waals surface area contributed by atoms with Crippen LogP contribution in [-0.4, -0.2) is 30.9 Å². The molecule has 0 saturated carbocycles. The van der Waals surface area contributed by atoms with Gasteiger partial charge in [-0.1, -0.05) is 24.4 Å². The number of benzene rings is 1. The Bertz CT molecular complexity index is 540. The zero-order chi connectivity index (χ0) is 13.9. The van der Waals surface area contributed by atoms with Crippen molar-refractivity contribution in [3.05, 3.63) is 23.2 Å². The van der Waals surface area contributed by atoms with Gasteiger partial charge in [0.15, 0.2) is 0 Å². The van der Waals surface area contributed by atoms with E-state index in [-0.39, 0.29) is 16.5 Å². The third-order valence-corrected chi connectivity index (χ3v) is 4.93. The summed E-state index contributed by atoms with van der Waals surface area (Å²) in [5, 5.41) is 9.43. The number of phenols is 1. The lowest BCUT2D eigenvalue weighted by atomic mass is 10.2. The number of nitrogens with one attached hydrogen (secondary N) is 1. The van der Waals surface area contributed by atoms with Gasteiger partial charge in [-0.2, -0.15) is 12.7 Å².